The lowest BCUT2D eigenvalue weighted by atomic mass is 10.0. The Balaban J connectivity index is 1.72. The summed E-state index contributed by atoms with van der Waals surface area (Å²) in [5.74, 6) is -1.41. The standard InChI is InChI=1S/C14H16ClNO4/c15-12-9-10(1-2-11(12)13(17)18)16-5-3-14(4-6-16)19-7-8-20-14/h1-2,9H,3-8H2,(H,17,18). The van der Waals surface area contributed by atoms with Crippen molar-refractivity contribution in [3.8, 4) is 0 Å². The van der Waals surface area contributed by atoms with Crippen molar-refractivity contribution in [1.82, 2.24) is 0 Å². The van der Waals surface area contributed by atoms with E-state index in [1.807, 2.05) is 0 Å². The molecule has 1 spiro atoms. The van der Waals surface area contributed by atoms with E-state index < -0.39 is 11.8 Å². The van der Waals surface area contributed by atoms with Crippen LogP contribution in [0.25, 0.3) is 0 Å². The summed E-state index contributed by atoms with van der Waals surface area (Å²) in [4.78, 5) is 13.1. The van der Waals surface area contributed by atoms with Crippen LogP contribution in [0, 0.1) is 0 Å². The monoisotopic (exact) mass is 297 g/mol. The maximum absolute atomic E-state index is 10.9. The Bertz CT molecular complexity index is 518. The number of benzene rings is 1. The molecule has 0 aliphatic carbocycles. The van der Waals surface area contributed by atoms with Gasteiger partial charge in [-0.2, -0.15) is 0 Å². The lowest BCUT2D eigenvalue weighted by Crippen LogP contribution is -2.45. The molecule has 1 aromatic carbocycles. The number of anilines is 1. The summed E-state index contributed by atoms with van der Waals surface area (Å²) in [7, 11) is 0. The van der Waals surface area contributed by atoms with Gasteiger partial charge in [0.05, 0.1) is 23.8 Å². The number of rotatable bonds is 2. The maximum Gasteiger partial charge on any atom is 0.337 e. The van der Waals surface area contributed by atoms with Gasteiger partial charge in [0.2, 0.25) is 0 Å². The SMILES string of the molecule is O=C(O)c1ccc(N2CCC3(CC2)OCCO3)cc1Cl. The minimum Gasteiger partial charge on any atom is -0.478 e. The van der Waals surface area contributed by atoms with Crippen LogP contribution in [0.1, 0.15) is 23.2 Å². The Morgan fingerprint density at radius 1 is 1.25 bits per heavy atom. The zero-order chi connectivity index (χ0) is 14.2. The first-order valence-corrected chi connectivity index (χ1v) is 7.03. The molecule has 0 atom stereocenters. The van der Waals surface area contributed by atoms with Gasteiger partial charge in [0.15, 0.2) is 5.79 Å². The summed E-state index contributed by atoms with van der Waals surface area (Å²) >= 11 is 6.01. The molecule has 5 nitrogen and oxygen atoms in total. The van der Waals surface area contributed by atoms with Crippen LogP contribution in [-0.4, -0.2) is 43.2 Å². The minimum atomic E-state index is -1.01. The Morgan fingerprint density at radius 2 is 1.90 bits per heavy atom. The lowest BCUT2D eigenvalue weighted by molar-refractivity contribution is -0.169. The van der Waals surface area contributed by atoms with Crippen LogP contribution in [0.2, 0.25) is 5.02 Å². The molecule has 2 aliphatic heterocycles. The van der Waals surface area contributed by atoms with Crippen molar-refractivity contribution in [3.05, 3.63) is 28.8 Å². The highest BCUT2D eigenvalue weighted by Crippen LogP contribution is 2.34. The third-order valence-electron chi connectivity index (χ3n) is 3.89. The lowest BCUT2D eigenvalue weighted by Gasteiger charge is -2.38. The summed E-state index contributed by atoms with van der Waals surface area (Å²) in [6.07, 6.45) is 1.62. The van der Waals surface area contributed by atoms with Crippen molar-refractivity contribution in [2.45, 2.75) is 18.6 Å². The number of carboxylic acids is 1. The van der Waals surface area contributed by atoms with Crippen LogP contribution in [0.5, 0.6) is 0 Å². The van der Waals surface area contributed by atoms with Crippen molar-refractivity contribution in [3.63, 3.8) is 0 Å². The number of hydrogen-bond donors (Lipinski definition) is 1. The molecular weight excluding hydrogens is 282 g/mol. The van der Waals surface area contributed by atoms with Gasteiger partial charge in [-0.25, -0.2) is 4.79 Å². The molecule has 2 saturated heterocycles. The van der Waals surface area contributed by atoms with Crippen molar-refractivity contribution in [2.24, 2.45) is 0 Å². The zero-order valence-electron chi connectivity index (χ0n) is 11.0. The first-order valence-electron chi connectivity index (χ1n) is 6.65. The van der Waals surface area contributed by atoms with Gasteiger partial charge in [-0.3, -0.25) is 0 Å². The van der Waals surface area contributed by atoms with E-state index in [2.05, 4.69) is 4.90 Å². The van der Waals surface area contributed by atoms with Crippen LogP contribution in [0.3, 0.4) is 0 Å². The molecule has 6 heteroatoms. The van der Waals surface area contributed by atoms with Crippen molar-refractivity contribution in [2.75, 3.05) is 31.2 Å². The van der Waals surface area contributed by atoms with Gasteiger partial charge >= 0.3 is 5.97 Å². The molecule has 1 aromatic rings. The van der Waals surface area contributed by atoms with Crippen molar-refractivity contribution in [1.29, 1.82) is 0 Å². The molecule has 20 heavy (non-hydrogen) atoms. The van der Waals surface area contributed by atoms with Crippen molar-refractivity contribution < 1.29 is 19.4 Å². The molecule has 0 radical (unpaired) electrons. The molecule has 0 aromatic heterocycles. The average Bonchev–Trinajstić information content (AvgIpc) is 2.87. The number of aromatic carboxylic acids is 1. The van der Waals surface area contributed by atoms with E-state index in [0.717, 1.165) is 31.6 Å². The fraction of sp³-hybridized carbons (Fsp3) is 0.500. The number of piperidine rings is 1. The van der Waals surface area contributed by atoms with Gasteiger partial charge in [-0.05, 0) is 18.2 Å². The summed E-state index contributed by atoms with van der Waals surface area (Å²) in [6.45, 7) is 2.95. The first-order chi connectivity index (χ1) is 9.60. The number of halogens is 1. The average molecular weight is 298 g/mol. The van der Waals surface area contributed by atoms with E-state index in [1.165, 1.54) is 0 Å². The van der Waals surface area contributed by atoms with Crippen LogP contribution in [-0.2, 0) is 9.47 Å². The second-order valence-corrected chi connectivity index (χ2v) is 5.47. The minimum absolute atomic E-state index is 0.131. The van der Waals surface area contributed by atoms with Gasteiger partial charge in [0.25, 0.3) is 0 Å². The molecule has 3 rings (SSSR count). The summed E-state index contributed by atoms with van der Waals surface area (Å²) < 4.78 is 11.4. The topological polar surface area (TPSA) is 59.0 Å². The second kappa shape index (κ2) is 5.24. The third kappa shape index (κ3) is 2.49. The second-order valence-electron chi connectivity index (χ2n) is 5.06. The van der Waals surface area contributed by atoms with Gasteiger partial charge in [-0.1, -0.05) is 11.6 Å². The molecule has 0 unspecified atom stereocenters. The predicted molar refractivity (Wildman–Crippen MR) is 74.5 cm³/mol. The summed E-state index contributed by atoms with van der Waals surface area (Å²) in [5, 5.41) is 9.24. The number of nitrogens with zero attached hydrogens (tertiary/aromatic N) is 1. The molecule has 108 valence electrons. The Hall–Kier alpha value is -1.30. The van der Waals surface area contributed by atoms with E-state index in [-0.39, 0.29) is 10.6 Å². The third-order valence-corrected chi connectivity index (χ3v) is 4.20. The number of carboxylic acid groups (broad SMARTS) is 1. The predicted octanol–water partition coefficient (Wildman–Crippen LogP) is 2.38. The zero-order valence-corrected chi connectivity index (χ0v) is 11.7. The Kier molecular flexibility index (Phi) is 3.58. The first kappa shape index (κ1) is 13.7. The molecular formula is C14H16ClNO4. The quantitative estimate of drug-likeness (QED) is 0.908. The van der Waals surface area contributed by atoms with E-state index in [0.29, 0.717) is 13.2 Å². The van der Waals surface area contributed by atoms with Crippen LogP contribution < -0.4 is 4.90 Å². The Morgan fingerprint density at radius 3 is 2.45 bits per heavy atom. The van der Waals surface area contributed by atoms with Crippen LogP contribution in [0.15, 0.2) is 18.2 Å². The van der Waals surface area contributed by atoms with Gasteiger partial charge in [0.1, 0.15) is 0 Å². The van der Waals surface area contributed by atoms with Gasteiger partial charge in [0, 0.05) is 31.6 Å². The smallest absolute Gasteiger partial charge is 0.337 e. The maximum atomic E-state index is 10.9. The molecule has 0 amide bonds. The van der Waals surface area contributed by atoms with Crippen LogP contribution >= 0.6 is 11.6 Å². The van der Waals surface area contributed by atoms with E-state index in [4.69, 9.17) is 26.2 Å². The number of hydrogen-bond acceptors (Lipinski definition) is 4. The fourth-order valence-electron chi connectivity index (χ4n) is 2.77. The molecule has 0 bridgehead atoms. The largest absolute Gasteiger partial charge is 0.478 e. The van der Waals surface area contributed by atoms with E-state index >= 15 is 0 Å². The Labute approximate surface area is 122 Å². The highest BCUT2D eigenvalue weighted by molar-refractivity contribution is 6.33. The summed E-state index contributed by atoms with van der Waals surface area (Å²) in [5.41, 5.74) is 1.07. The van der Waals surface area contributed by atoms with Crippen molar-refractivity contribution >= 4 is 23.3 Å². The molecule has 2 fully saturated rings. The van der Waals surface area contributed by atoms with E-state index in [1.54, 1.807) is 18.2 Å². The normalized spacial score (nSPS) is 21.4. The number of carbonyl (C=O) groups is 1. The van der Waals surface area contributed by atoms with Gasteiger partial charge in [-0.15, -0.1) is 0 Å². The molecule has 2 heterocycles. The van der Waals surface area contributed by atoms with E-state index in [9.17, 15) is 4.79 Å². The highest BCUT2D eigenvalue weighted by Gasteiger charge is 2.39. The molecule has 0 saturated carbocycles. The van der Waals surface area contributed by atoms with Crippen LogP contribution in [0.4, 0.5) is 5.69 Å². The number of ether oxygens (including phenoxy) is 2. The fourth-order valence-corrected chi connectivity index (χ4v) is 3.02. The molecule has 1 N–H and O–H groups in total. The molecule has 2 aliphatic rings. The van der Waals surface area contributed by atoms with Gasteiger partial charge < -0.3 is 19.5 Å². The summed E-state index contributed by atoms with van der Waals surface area (Å²) in [6, 6.07) is 5.05. The highest BCUT2D eigenvalue weighted by atomic mass is 35.5.